The monoisotopic (exact) mass is 199 g/mol. The molecule has 1 heterocycles. The van der Waals surface area contributed by atoms with Gasteiger partial charge in [0.1, 0.15) is 12.3 Å². The molecule has 1 aliphatic heterocycles. The van der Waals surface area contributed by atoms with Crippen LogP contribution in [0.5, 0.6) is 0 Å². The first-order chi connectivity index (χ1) is 6.67. The number of esters is 2. The van der Waals surface area contributed by atoms with E-state index in [-0.39, 0.29) is 11.7 Å². The van der Waals surface area contributed by atoms with E-state index in [0.717, 1.165) is 12.5 Å². The SMILES string of the molecule is CCC1COC(=O)/C(=C\C(=O)OC)N1. The van der Waals surface area contributed by atoms with Crippen molar-refractivity contribution in [3.8, 4) is 0 Å². The van der Waals surface area contributed by atoms with E-state index in [1.54, 1.807) is 0 Å². The number of carbonyl (C=O) groups excluding carboxylic acids is 2. The molecule has 5 heteroatoms. The topological polar surface area (TPSA) is 64.6 Å². The molecule has 0 bridgehead atoms. The van der Waals surface area contributed by atoms with Gasteiger partial charge in [0.15, 0.2) is 0 Å². The van der Waals surface area contributed by atoms with E-state index in [1.165, 1.54) is 7.11 Å². The summed E-state index contributed by atoms with van der Waals surface area (Å²) in [6.45, 7) is 2.31. The number of carbonyl (C=O) groups is 2. The number of morpholine rings is 1. The summed E-state index contributed by atoms with van der Waals surface area (Å²) in [6, 6.07) is 0.0728. The Bertz CT molecular complexity index is 272. The first-order valence-electron chi connectivity index (χ1n) is 4.40. The smallest absolute Gasteiger partial charge is 0.354 e. The minimum absolute atomic E-state index is 0.0728. The van der Waals surface area contributed by atoms with Crippen LogP contribution in [0.4, 0.5) is 0 Å². The normalized spacial score (nSPS) is 24.0. The molecule has 1 unspecified atom stereocenters. The van der Waals surface area contributed by atoms with Crippen molar-refractivity contribution in [2.24, 2.45) is 0 Å². The lowest BCUT2D eigenvalue weighted by Crippen LogP contribution is -2.42. The van der Waals surface area contributed by atoms with Crippen molar-refractivity contribution >= 4 is 11.9 Å². The highest BCUT2D eigenvalue weighted by molar-refractivity contribution is 5.96. The van der Waals surface area contributed by atoms with Crippen LogP contribution >= 0.6 is 0 Å². The molecule has 1 N–H and O–H groups in total. The lowest BCUT2D eigenvalue weighted by Gasteiger charge is -2.24. The minimum atomic E-state index is -0.568. The van der Waals surface area contributed by atoms with Crippen LogP contribution in [0.3, 0.4) is 0 Å². The van der Waals surface area contributed by atoms with Gasteiger partial charge in [-0.25, -0.2) is 9.59 Å². The van der Waals surface area contributed by atoms with Crippen LogP contribution in [0, 0.1) is 0 Å². The van der Waals surface area contributed by atoms with Crippen molar-refractivity contribution in [2.75, 3.05) is 13.7 Å². The second-order valence-corrected chi connectivity index (χ2v) is 2.93. The van der Waals surface area contributed by atoms with E-state index in [0.29, 0.717) is 6.61 Å². The maximum Gasteiger partial charge on any atom is 0.354 e. The highest BCUT2D eigenvalue weighted by Gasteiger charge is 2.23. The Morgan fingerprint density at radius 1 is 1.79 bits per heavy atom. The van der Waals surface area contributed by atoms with E-state index in [4.69, 9.17) is 4.74 Å². The second-order valence-electron chi connectivity index (χ2n) is 2.93. The van der Waals surface area contributed by atoms with Gasteiger partial charge in [-0.2, -0.15) is 0 Å². The molecule has 1 aliphatic rings. The molecule has 1 atom stereocenters. The molecule has 1 saturated heterocycles. The zero-order valence-electron chi connectivity index (χ0n) is 8.20. The number of nitrogens with one attached hydrogen (secondary N) is 1. The van der Waals surface area contributed by atoms with Crippen molar-refractivity contribution in [3.05, 3.63) is 11.8 Å². The van der Waals surface area contributed by atoms with Crippen LogP contribution in [-0.4, -0.2) is 31.7 Å². The highest BCUT2D eigenvalue weighted by atomic mass is 16.5. The second kappa shape index (κ2) is 4.64. The van der Waals surface area contributed by atoms with Gasteiger partial charge in [0.2, 0.25) is 0 Å². The Labute approximate surface area is 82.1 Å². The van der Waals surface area contributed by atoms with Crippen molar-refractivity contribution in [1.82, 2.24) is 5.32 Å². The molecule has 0 aromatic rings. The number of rotatable bonds is 2. The van der Waals surface area contributed by atoms with Crippen LogP contribution < -0.4 is 5.32 Å². The van der Waals surface area contributed by atoms with Crippen molar-refractivity contribution < 1.29 is 19.1 Å². The van der Waals surface area contributed by atoms with Gasteiger partial charge in [0.05, 0.1) is 19.2 Å². The number of cyclic esters (lactones) is 1. The van der Waals surface area contributed by atoms with Crippen LogP contribution in [0.1, 0.15) is 13.3 Å². The number of hydrogen-bond acceptors (Lipinski definition) is 5. The molecule has 0 spiro atoms. The van der Waals surface area contributed by atoms with Crippen molar-refractivity contribution in [1.29, 1.82) is 0 Å². The first kappa shape index (κ1) is 10.6. The number of ether oxygens (including phenoxy) is 2. The molecule has 0 aromatic heterocycles. The molecule has 1 rings (SSSR count). The minimum Gasteiger partial charge on any atom is -0.466 e. The molecular formula is C9H13NO4. The summed E-state index contributed by atoms with van der Waals surface area (Å²) < 4.78 is 9.27. The third-order valence-corrected chi connectivity index (χ3v) is 1.95. The van der Waals surface area contributed by atoms with Crippen molar-refractivity contribution in [2.45, 2.75) is 19.4 Å². The van der Waals surface area contributed by atoms with Gasteiger partial charge in [0.25, 0.3) is 0 Å². The standard InChI is InChI=1S/C9H13NO4/c1-3-6-5-14-9(12)7(10-6)4-8(11)13-2/h4,6,10H,3,5H2,1-2H3/b7-4+. The van der Waals surface area contributed by atoms with Gasteiger partial charge in [-0.3, -0.25) is 0 Å². The van der Waals surface area contributed by atoms with Gasteiger partial charge < -0.3 is 14.8 Å². The summed E-state index contributed by atoms with van der Waals surface area (Å²) in [5, 5.41) is 2.90. The first-order valence-corrected chi connectivity index (χ1v) is 4.40. The Morgan fingerprint density at radius 3 is 3.07 bits per heavy atom. The zero-order chi connectivity index (χ0) is 10.6. The summed E-state index contributed by atoms with van der Waals surface area (Å²) >= 11 is 0. The lowest BCUT2D eigenvalue weighted by molar-refractivity contribution is -0.144. The van der Waals surface area contributed by atoms with Gasteiger partial charge in [-0.1, -0.05) is 6.92 Å². The predicted octanol–water partition coefficient (Wildman–Crippen LogP) is -0.0317. The predicted molar refractivity (Wildman–Crippen MR) is 48.3 cm³/mol. The van der Waals surface area contributed by atoms with Crippen molar-refractivity contribution in [3.63, 3.8) is 0 Å². The largest absolute Gasteiger partial charge is 0.466 e. The molecule has 5 nitrogen and oxygen atoms in total. The summed E-state index contributed by atoms with van der Waals surface area (Å²) in [5.41, 5.74) is 0.162. The van der Waals surface area contributed by atoms with Gasteiger partial charge >= 0.3 is 11.9 Å². The van der Waals surface area contributed by atoms with Crippen LogP contribution in [0.2, 0.25) is 0 Å². The molecule has 0 radical (unpaired) electrons. The van der Waals surface area contributed by atoms with E-state index in [2.05, 4.69) is 10.1 Å². The summed E-state index contributed by atoms with van der Waals surface area (Å²) in [4.78, 5) is 22.0. The Balaban J connectivity index is 2.69. The molecule has 0 amide bonds. The highest BCUT2D eigenvalue weighted by Crippen LogP contribution is 2.07. The van der Waals surface area contributed by atoms with E-state index in [9.17, 15) is 9.59 Å². The molecule has 0 aromatic carbocycles. The maximum absolute atomic E-state index is 11.1. The maximum atomic E-state index is 11.1. The fourth-order valence-corrected chi connectivity index (χ4v) is 1.07. The summed E-state index contributed by atoms with van der Waals surface area (Å²) in [6.07, 6.45) is 1.93. The fraction of sp³-hybridized carbons (Fsp3) is 0.556. The summed E-state index contributed by atoms with van der Waals surface area (Å²) in [7, 11) is 1.25. The fourth-order valence-electron chi connectivity index (χ4n) is 1.07. The molecule has 78 valence electrons. The van der Waals surface area contributed by atoms with Crippen LogP contribution in [-0.2, 0) is 19.1 Å². The van der Waals surface area contributed by atoms with Gasteiger partial charge in [-0.05, 0) is 6.42 Å². The average Bonchev–Trinajstić information content (AvgIpc) is 2.21. The Hall–Kier alpha value is -1.52. The quantitative estimate of drug-likeness (QED) is 0.499. The molecule has 0 saturated carbocycles. The van der Waals surface area contributed by atoms with Crippen LogP contribution in [0.15, 0.2) is 11.8 Å². The molecular weight excluding hydrogens is 186 g/mol. The number of methoxy groups -OCH3 is 1. The number of hydrogen-bond donors (Lipinski definition) is 1. The lowest BCUT2D eigenvalue weighted by atomic mass is 10.2. The van der Waals surface area contributed by atoms with Crippen LogP contribution in [0.25, 0.3) is 0 Å². The average molecular weight is 199 g/mol. The summed E-state index contributed by atoms with van der Waals surface area (Å²) in [5.74, 6) is -1.08. The van der Waals surface area contributed by atoms with Gasteiger partial charge in [-0.15, -0.1) is 0 Å². The third-order valence-electron chi connectivity index (χ3n) is 1.95. The Morgan fingerprint density at radius 2 is 2.50 bits per heavy atom. The van der Waals surface area contributed by atoms with Gasteiger partial charge in [0, 0.05) is 0 Å². The molecule has 14 heavy (non-hydrogen) atoms. The van der Waals surface area contributed by atoms with E-state index >= 15 is 0 Å². The zero-order valence-corrected chi connectivity index (χ0v) is 8.20. The van der Waals surface area contributed by atoms with E-state index in [1.807, 2.05) is 6.92 Å². The molecule has 0 aliphatic carbocycles. The van der Waals surface area contributed by atoms with E-state index < -0.39 is 11.9 Å². The Kier molecular flexibility index (Phi) is 3.50. The third kappa shape index (κ3) is 2.48. The molecule has 1 fully saturated rings.